The minimum Gasteiger partial charge on any atom is -0.341 e. The van der Waals surface area contributed by atoms with Crippen molar-refractivity contribution in [3.8, 4) is 0 Å². The average molecular weight is 596 g/mol. The Hall–Kier alpha value is -5.28. The van der Waals surface area contributed by atoms with Crippen LogP contribution in [0.1, 0.15) is 43.4 Å². The van der Waals surface area contributed by atoms with E-state index in [0.29, 0.717) is 0 Å². The number of hydrogen-bond donors (Lipinski definition) is 0. The van der Waals surface area contributed by atoms with Gasteiger partial charge in [0.2, 0.25) is 0 Å². The van der Waals surface area contributed by atoms with Crippen molar-refractivity contribution < 1.29 is 0 Å². The summed E-state index contributed by atoms with van der Waals surface area (Å²) >= 11 is 0. The Morgan fingerprint density at radius 1 is 0.348 bits per heavy atom. The third kappa shape index (κ3) is 3.78. The van der Waals surface area contributed by atoms with Crippen molar-refractivity contribution in [1.29, 1.82) is 0 Å². The Balaban J connectivity index is 1.34. The van der Waals surface area contributed by atoms with Gasteiger partial charge in [0.25, 0.3) is 0 Å². The fraction of sp³-hybridized carbons (Fsp3) is 0.163. The van der Waals surface area contributed by atoms with E-state index in [1.807, 2.05) is 0 Å². The summed E-state index contributed by atoms with van der Waals surface area (Å²) in [5, 5.41) is 7.94. The van der Waals surface area contributed by atoms with Crippen LogP contribution in [0.4, 0.5) is 0 Å². The first-order valence-electron chi connectivity index (χ1n) is 16.7. The van der Waals surface area contributed by atoms with Crippen molar-refractivity contribution in [3.63, 3.8) is 0 Å². The SMILES string of the molecule is CCn1c2ccccc2c2cc(C(c3ccc4c(c3)c3ccccc3n4CC)c3ccc4c(c3)c3ccccc3n4CC)ccc21. The van der Waals surface area contributed by atoms with E-state index < -0.39 is 0 Å². The molecule has 3 aromatic heterocycles. The maximum atomic E-state index is 2.47. The number of fused-ring (bicyclic) bond motifs is 9. The molecule has 9 rings (SSSR count). The molecular formula is C43H37N3. The Morgan fingerprint density at radius 2 is 0.630 bits per heavy atom. The summed E-state index contributed by atoms with van der Waals surface area (Å²) in [5.74, 6) is 0.0782. The van der Waals surface area contributed by atoms with Crippen molar-refractivity contribution in [3.05, 3.63) is 144 Å². The molecule has 0 aliphatic rings. The van der Waals surface area contributed by atoms with E-state index in [9.17, 15) is 0 Å². The van der Waals surface area contributed by atoms with Gasteiger partial charge in [-0.1, -0.05) is 72.8 Å². The zero-order valence-electron chi connectivity index (χ0n) is 26.7. The molecule has 9 aromatic rings. The Kier molecular flexibility index (Phi) is 6.11. The fourth-order valence-corrected chi connectivity index (χ4v) is 8.35. The number of nitrogens with zero attached hydrogens (tertiary/aromatic N) is 3. The zero-order valence-corrected chi connectivity index (χ0v) is 26.7. The third-order valence-corrected chi connectivity index (χ3v) is 10.3. The van der Waals surface area contributed by atoms with Gasteiger partial charge in [-0.05, 0) is 92.1 Å². The maximum Gasteiger partial charge on any atom is 0.0491 e. The molecule has 0 fully saturated rings. The van der Waals surface area contributed by atoms with Gasteiger partial charge in [0, 0.05) is 91.0 Å². The predicted molar refractivity (Wildman–Crippen MR) is 196 cm³/mol. The molecule has 0 aliphatic heterocycles. The monoisotopic (exact) mass is 595 g/mol. The summed E-state index contributed by atoms with van der Waals surface area (Å²) in [6, 6.07) is 48.1. The first-order valence-corrected chi connectivity index (χ1v) is 16.7. The van der Waals surface area contributed by atoms with E-state index in [-0.39, 0.29) is 5.92 Å². The van der Waals surface area contributed by atoms with Gasteiger partial charge in [0.15, 0.2) is 0 Å². The van der Waals surface area contributed by atoms with Crippen LogP contribution in [-0.2, 0) is 19.6 Å². The molecule has 0 saturated carbocycles. The lowest BCUT2D eigenvalue weighted by atomic mass is 9.83. The molecular weight excluding hydrogens is 558 g/mol. The van der Waals surface area contributed by atoms with Crippen LogP contribution in [-0.4, -0.2) is 13.7 Å². The Bertz CT molecular complexity index is 2320. The second-order valence-electron chi connectivity index (χ2n) is 12.5. The van der Waals surface area contributed by atoms with Crippen molar-refractivity contribution in [2.24, 2.45) is 0 Å². The van der Waals surface area contributed by atoms with Gasteiger partial charge in [-0.25, -0.2) is 0 Å². The first kappa shape index (κ1) is 27.1. The number of benzene rings is 6. The standard InChI is InChI=1S/C43H37N3/c1-4-44-37-16-10-7-13-31(37)34-25-28(19-22-40(34)44)43(29-20-23-41-35(26-29)32-14-8-11-17-38(32)45(41)5-2)30-21-24-42-36(27-30)33-15-9-12-18-39(33)46(42)6-3/h7-27,43H,4-6H2,1-3H3. The van der Waals surface area contributed by atoms with Gasteiger partial charge in [-0.15, -0.1) is 0 Å². The van der Waals surface area contributed by atoms with Crippen molar-refractivity contribution in [2.75, 3.05) is 0 Å². The van der Waals surface area contributed by atoms with Crippen molar-refractivity contribution >= 4 is 65.4 Å². The van der Waals surface area contributed by atoms with Crippen LogP contribution in [0.5, 0.6) is 0 Å². The number of hydrogen-bond acceptors (Lipinski definition) is 0. The van der Waals surface area contributed by atoms with E-state index >= 15 is 0 Å². The molecule has 0 saturated heterocycles. The molecule has 0 spiro atoms. The van der Waals surface area contributed by atoms with E-state index in [0.717, 1.165) is 19.6 Å². The summed E-state index contributed by atoms with van der Waals surface area (Å²) in [4.78, 5) is 0. The Morgan fingerprint density at radius 3 is 0.935 bits per heavy atom. The molecule has 6 aromatic carbocycles. The smallest absolute Gasteiger partial charge is 0.0491 e. The minimum atomic E-state index is 0.0782. The van der Waals surface area contributed by atoms with E-state index in [1.54, 1.807) is 0 Å². The maximum absolute atomic E-state index is 2.47. The van der Waals surface area contributed by atoms with Crippen LogP contribution in [0.15, 0.2) is 127 Å². The topological polar surface area (TPSA) is 14.8 Å². The van der Waals surface area contributed by atoms with E-state index in [1.165, 1.54) is 82.1 Å². The van der Waals surface area contributed by atoms with E-state index in [4.69, 9.17) is 0 Å². The van der Waals surface area contributed by atoms with Gasteiger partial charge in [-0.3, -0.25) is 0 Å². The molecule has 3 heteroatoms. The second-order valence-corrected chi connectivity index (χ2v) is 12.5. The average Bonchev–Trinajstić information content (AvgIpc) is 3.73. The van der Waals surface area contributed by atoms with E-state index in [2.05, 4.69) is 162 Å². The summed E-state index contributed by atoms with van der Waals surface area (Å²) < 4.78 is 7.34. The highest BCUT2D eigenvalue weighted by molar-refractivity contribution is 6.10. The van der Waals surface area contributed by atoms with Gasteiger partial charge < -0.3 is 13.7 Å². The highest BCUT2D eigenvalue weighted by Crippen LogP contribution is 2.41. The molecule has 0 unspecified atom stereocenters. The number of rotatable bonds is 6. The highest BCUT2D eigenvalue weighted by Gasteiger charge is 2.22. The van der Waals surface area contributed by atoms with Gasteiger partial charge >= 0.3 is 0 Å². The van der Waals surface area contributed by atoms with Crippen molar-refractivity contribution in [1.82, 2.24) is 13.7 Å². The quantitative estimate of drug-likeness (QED) is 0.170. The molecule has 3 heterocycles. The molecule has 0 N–H and O–H groups in total. The lowest BCUT2D eigenvalue weighted by Crippen LogP contribution is -2.04. The molecule has 0 aliphatic carbocycles. The predicted octanol–water partition coefficient (Wildman–Crippen LogP) is 11.3. The van der Waals surface area contributed by atoms with Crippen LogP contribution >= 0.6 is 0 Å². The zero-order chi connectivity index (χ0) is 30.9. The molecule has 224 valence electrons. The van der Waals surface area contributed by atoms with Crippen LogP contribution in [0, 0.1) is 0 Å². The molecule has 0 bridgehead atoms. The minimum absolute atomic E-state index is 0.0782. The van der Waals surface area contributed by atoms with Gasteiger partial charge in [0.05, 0.1) is 0 Å². The second kappa shape index (κ2) is 10.4. The molecule has 0 amide bonds. The van der Waals surface area contributed by atoms with Crippen LogP contribution in [0.2, 0.25) is 0 Å². The van der Waals surface area contributed by atoms with Gasteiger partial charge in [-0.2, -0.15) is 0 Å². The van der Waals surface area contributed by atoms with Crippen molar-refractivity contribution in [2.45, 2.75) is 46.3 Å². The molecule has 0 radical (unpaired) electrons. The first-order chi connectivity index (χ1) is 22.7. The highest BCUT2D eigenvalue weighted by atomic mass is 15.0. The lowest BCUT2D eigenvalue weighted by molar-refractivity contribution is 0.826. The lowest BCUT2D eigenvalue weighted by Gasteiger charge is -2.20. The third-order valence-electron chi connectivity index (χ3n) is 10.3. The van der Waals surface area contributed by atoms with Crippen LogP contribution in [0.3, 0.4) is 0 Å². The van der Waals surface area contributed by atoms with Crippen LogP contribution < -0.4 is 0 Å². The molecule has 3 nitrogen and oxygen atoms in total. The summed E-state index contributed by atoms with van der Waals surface area (Å²) in [6.45, 7) is 9.57. The number of para-hydroxylation sites is 3. The molecule has 0 atom stereocenters. The Labute approximate surface area is 268 Å². The number of aryl methyl sites for hydroxylation is 3. The fourth-order valence-electron chi connectivity index (χ4n) is 8.35. The van der Waals surface area contributed by atoms with Crippen LogP contribution in [0.25, 0.3) is 65.4 Å². The largest absolute Gasteiger partial charge is 0.341 e. The summed E-state index contributed by atoms with van der Waals surface area (Å²) in [6.07, 6.45) is 0. The molecule has 46 heavy (non-hydrogen) atoms. The normalized spacial score (nSPS) is 12.3. The number of aromatic nitrogens is 3. The summed E-state index contributed by atoms with van der Waals surface area (Å²) in [5.41, 5.74) is 11.8. The summed E-state index contributed by atoms with van der Waals surface area (Å²) in [7, 11) is 0. The van der Waals surface area contributed by atoms with Gasteiger partial charge in [0.1, 0.15) is 0 Å².